The molecule has 15 heavy (non-hydrogen) atoms. The summed E-state index contributed by atoms with van der Waals surface area (Å²) < 4.78 is 10.7. The summed E-state index contributed by atoms with van der Waals surface area (Å²) in [5.41, 5.74) is 1.51. The largest absolute Gasteiger partial charge is 0.452 e. The average molecular weight is 271 g/mol. The van der Waals surface area contributed by atoms with Crippen LogP contribution in [0.15, 0.2) is 18.2 Å². The van der Waals surface area contributed by atoms with Crippen LogP contribution in [0, 0.1) is 0 Å². The smallest absolute Gasteiger partial charge is 0.345 e. The minimum Gasteiger partial charge on any atom is -0.452 e. The van der Waals surface area contributed by atoms with Crippen LogP contribution in [0.1, 0.15) is 29.8 Å². The Morgan fingerprint density at radius 3 is 2.73 bits per heavy atom. The lowest BCUT2D eigenvalue weighted by atomic mass is 10.1. The Balaban J connectivity index is 2.46. The molecule has 0 N–H and O–H groups in total. The van der Waals surface area contributed by atoms with Crippen LogP contribution >= 0.6 is 15.9 Å². The number of ether oxygens (including phenoxy) is 2. The van der Waals surface area contributed by atoms with Crippen LogP contribution in [0.2, 0.25) is 0 Å². The molecule has 80 valence electrons. The van der Waals surface area contributed by atoms with Crippen molar-refractivity contribution in [3.8, 4) is 5.75 Å². The highest BCUT2D eigenvalue weighted by Gasteiger charge is 2.33. The summed E-state index contributed by atoms with van der Waals surface area (Å²) >= 11 is 3.33. The normalized spacial score (nSPS) is 17.7. The topological polar surface area (TPSA) is 35.5 Å². The molecule has 1 aromatic carbocycles. The minimum atomic E-state index is -0.875. The van der Waals surface area contributed by atoms with Crippen LogP contribution in [0.25, 0.3) is 0 Å². The summed E-state index contributed by atoms with van der Waals surface area (Å²) in [4.78, 5) is 11.7. The van der Waals surface area contributed by atoms with E-state index < -0.39 is 5.79 Å². The number of esters is 1. The Hall–Kier alpha value is -1.03. The molecule has 4 heteroatoms. The number of alkyl halides is 1. The van der Waals surface area contributed by atoms with Gasteiger partial charge in [0.15, 0.2) is 0 Å². The number of carbonyl (C=O) groups excluding carboxylic acids is 1. The van der Waals surface area contributed by atoms with Crippen molar-refractivity contribution in [2.75, 3.05) is 0 Å². The third-order valence-corrected chi connectivity index (χ3v) is 2.76. The molecule has 0 saturated carbocycles. The molecule has 1 aromatic rings. The van der Waals surface area contributed by atoms with E-state index >= 15 is 0 Å². The molecule has 0 spiro atoms. The second-order valence-corrected chi connectivity index (χ2v) is 4.42. The summed E-state index contributed by atoms with van der Waals surface area (Å²) in [6, 6.07) is 5.50. The van der Waals surface area contributed by atoms with E-state index in [4.69, 9.17) is 9.47 Å². The summed E-state index contributed by atoms with van der Waals surface area (Å²) in [5.74, 6) is -0.620. The van der Waals surface area contributed by atoms with Gasteiger partial charge in [-0.15, -0.1) is 0 Å². The van der Waals surface area contributed by atoms with E-state index in [0.29, 0.717) is 16.6 Å². The molecule has 0 fully saturated rings. The monoisotopic (exact) mass is 270 g/mol. The van der Waals surface area contributed by atoms with Crippen molar-refractivity contribution in [2.24, 2.45) is 0 Å². The molecule has 0 saturated heterocycles. The van der Waals surface area contributed by atoms with Crippen LogP contribution < -0.4 is 4.74 Å². The molecule has 0 bridgehead atoms. The van der Waals surface area contributed by atoms with Gasteiger partial charge < -0.3 is 9.47 Å². The van der Waals surface area contributed by atoms with Gasteiger partial charge in [0.2, 0.25) is 5.79 Å². The Labute approximate surface area is 96.5 Å². The van der Waals surface area contributed by atoms with E-state index in [1.54, 1.807) is 26.0 Å². The van der Waals surface area contributed by atoms with Crippen molar-refractivity contribution in [3.63, 3.8) is 0 Å². The van der Waals surface area contributed by atoms with Gasteiger partial charge in [0.05, 0.1) is 0 Å². The SMILES string of the molecule is CC1(C)OC(=O)c2cc(CBr)ccc2O1. The summed E-state index contributed by atoms with van der Waals surface area (Å²) in [5, 5.41) is 0.705. The van der Waals surface area contributed by atoms with E-state index in [-0.39, 0.29) is 5.97 Å². The molecule has 1 heterocycles. The molecule has 0 aliphatic carbocycles. The van der Waals surface area contributed by atoms with Crippen molar-refractivity contribution in [2.45, 2.75) is 25.0 Å². The second-order valence-electron chi connectivity index (χ2n) is 3.86. The maximum Gasteiger partial charge on any atom is 0.345 e. The summed E-state index contributed by atoms with van der Waals surface area (Å²) in [6.45, 7) is 3.43. The lowest BCUT2D eigenvalue weighted by molar-refractivity contribution is -0.127. The number of rotatable bonds is 1. The molecule has 0 aromatic heterocycles. The van der Waals surface area contributed by atoms with E-state index in [1.807, 2.05) is 6.07 Å². The van der Waals surface area contributed by atoms with E-state index in [1.165, 1.54) is 0 Å². The maximum atomic E-state index is 11.7. The zero-order valence-corrected chi connectivity index (χ0v) is 10.1. The lowest BCUT2D eigenvalue weighted by Crippen LogP contribution is -2.38. The fraction of sp³-hybridized carbons (Fsp3) is 0.364. The van der Waals surface area contributed by atoms with Crippen LogP contribution in [0.4, 0.5) is 0 Å². The molecule has 0 atom stereocenters. The van der Waals surface area contributed by atoms with Crippen molar-refractivity contribution in [3.05, 3.63) is 29.3 Å². The highest BCUT2D eigenvalue weighted by molar-refractivity contribution is 9.08. The van der Waals surface area contributed by atoms with Gasteiger partial charge in [-0.3, -0.25) is 0 Å². The van der Waals surface area contributed by atoms with E-state index in [0.717, 1.165) is 5.56 Å². The van der Waals surface area contributed by atoms with Crippen LogP contribution in [0.3, 0.4) is 0 Å². The molecule has 1 aliphatic rings. The van der Waals surface area contributed by atoms with Gasteiger partial charge in [-0.25, -0.2) is 4.79 Å². The average Bonchev–Trinajstić information content (AvgIpc) is 2.15. The fourth-order valence-electron chi connectivity index (χ4n) is 1.47. The Bertz CT molecular complexity index is 412. The zero-order chi connectivity index (χ0) is 11.1. The second kappa shape index (κ2) is 3.52. The first-order valence-electron chi connectivity index (χ1n) is 4.63. The number of hydrogen-bond acceptors (Lipinski definition) is 3. The molecular formula is C11H11BrO3. The van der Waals surface area contributed by atoms with Gasteiger partial charge in [-0.1, -0.05) is 22.0 Å². The number of halogens is 1. The number of cyclic esters (lactones) is 1. The number of benzene rings is 1. The third kappa shape index (κ3) is 2.00. The van der Waals surface area contributed by atoms with E-state index in [9.17, 15) is 4.79 Å². The lowest BCUT2D eigenvalue weighted by Gasteiger charge is -2.31. The quantitative estimate of drug-likeness (QED) is 0.582. The molecule has 0 unspecified atom stereocenters. The first-order valence-corrected chi connectivity index (χ1v) is 5.75. The zero-order valence-electron chi connectivity index (χ0n) is 8.54. The Kier molecular flexibility index (Phi) is 2.46. The van der Waals surface area contributed by atoms with Crippen LogP contribution in [-0.2, 0) is 10.1 Å². The molecular weight excluding hydrogens is 260 g/mol. The summed E-state index contributed by atoms with van der Waals surface area (Å²) in [6.07, 6.45) is 0. The van der Waals surface area contributed by atoms with Crippen LogP contribution in [0.5, 0.6) is 5.75 Å². The third-order valence-electron chi connectivity index (χ3n) is 2.11. The predicted octanol–water partition coefficient (Wildman–Crippen LogP) is 2.87. The molecule has 0 amide bonds. The van der Waals surface area contributed by atoms with Gasteiger partial charge in [0.25, 0.3) is 0 Å². The maximum absolute atomic E-state index is 11.7. The number of hydrogen-bond donors (Lipinski definition) is 0. The number of carbonyl (C=O) groups is 1. The standard InChI is InChI=1S/C11H11BrO3/c1-11(2)14-9-4-3-7(6-12)5-8(9)10(13)15-11/h3-5H,6H2,1-2H3. The van der Waals surface area contributed by atoms with Crippen molar-refractivity contribution >= 4 is 21.9 Å². The minimum absolute atomic E-state index is 0.330. The number of fused-ring (bicyclic) bond motifs is 1. The van der Waals surface area contributed by atoms with Gasteiger partial charge in [0, 0.05) is 19.2 Å². The van der Waals surface area contributed by atoms with Gasteiger partial charge in [-0.05, 0) is 17.7 Å². The molecule has 0 radical (unpaired) electrons. The highest BCUT2D eigenvalue weighted by atomic mass is 79.9. The van der Waals surface area contributed by atoms with E-state index in [2.05, 4.69) is 15.9 Å². The molecule has 2 rings (SSSR count). The Morgan fingerprint density at radius 1 is 1.33 bits per heavy atom. The van der Waals surface area contributed by atoms with Gasteiger partial charge >= 0.3 is 5.97 Å². The highest BCUT2D eigenvalue weighted by Crippen LogP contribution is 2.31. The summed E-state index contributed by atoms with van der Waals surface area (Å²) in [7, 11) is 0. The first-order chi connectivity index (χ1) is 7.02. The van der Waals surface area contributed by atoms with Crippen molar-refractivity contribution < 1.29 is 14.3 Å². The first kappa shape index (κ1) is 10.5. The molecule has 1 aliphatic heterocycles. The molecule has 3 nitrogen and oxygen atoms in total. The Morgan fingerprint density at radius 2 is 2.07 bits per heavy atom. The predicted molar refractivity (Wildman–Crippen MR) is 59.2 cm³/mol. The van der Waals surface area contributed by atoms with Gasteiger partial charge in [-0.2, -0.15) is 0 Å². The van der Waals surface area contributed by atoms with Crippen LogP contribution in [-0.4, -0.2) is 11.8 Å². The van der Waals surface area contributed by atoms with Crippen molar-refractivity contribution in [1.82, 2.24) is 0 Å². The van der Waals surface area contributed by atoms with Crippen molar-refractivity contribution in [1.29, 1.82) is 0 Å². The van der Waals surface area contributed by atoms with Gasteiger partial charge in [0.1, 0.15) is 11.3 Å². The fourth-order valence-corrected chi connectivity index (χ4v) is 1.82.